The van der Waals surface area contributed by atoms with Crippen LogP contribution in [0.2, 0.25) is 0 Å². The van der Waals surface area contributed by atoms with E-state index in [0.29, 0.717) is 17.6 Å². The number of carbonyl (C=O) groups excluding carboxylic acids is 1. The topological polar surface area (TPSA) is 89.3 Å². The van der Waals surface area contributed by atoms with Gasteiger partial charge in [0.1, 0.15) is 4.83 Å². The van der Waals surface area contributed by atoms with E-state index in [9.17, 15) is 4.79 Å². The Morgan fingerprint density at radius 1 is 1.44 bits per heavy atom. The first-order valence-corrected chi connectivity index (χ1v) is 10.7. The molecule has 142 valence electrons. The Balaban J connectivity index is 1.72. The number of ether oxygens (including phenoxy) is 1. The molecule has 0 radical (unpaired) electrons. The fraction of sp³-hybridized carbons (Fsp3) is 0.389. The maximum absolute atomic E-state index is 12.2. The second-order valence-electron chi connectivity index (χ2n) is 6.57. The van der Waals surface area contributed by atoms with Crippen LogP contribution in [0.15, 0.2) is 28.0 Å². The monoisotopic (exact) mass is 404 g/mol. The Morgan fingerprint density at radius 2 is 2.30 bits per heavy atom. The number of carbonyl (C=O) groups is 1. The predicted molar refractivity (Wildman–Crippen MR) is 106 cm³/mol. The Bertz CT molecular complexity index is 986. The lowest BCUT2D eigenvalue weighted by atomic mass is 9.90. The molecular formula is C18H20N4O3S2. The van der Waals surface area contributed by atoms with Crippen molar-refractivity contribution in [3.8, 4) is 0 Å². The molecule has 27 heavy (non-hydrogen) atoms. The van der Waals surface area contributed by atoms with E-state index < -0.39 is 0 Å². The molecule has 4 heterocycles. The largest absolute Gasteiger partial charge is 0.459 e. The molecule has 0 unspecified atom stereocenters. The highest BCUT2D eigenvalue weighted by Gasteiger charge is 2.33. The number of rotatable bonds is 5. The van der Waals surface area contributed by atoms with E-state index in [1.165, 1.54) is 28.5 Å². The third kappa shape index (κ3) is 3.42. The Labute approximate surface area is 164 Å². The molecule has 3 aromatic rings. The van der Waals surface area contributed by atoms with Gasteiger partial charge < -0.3 is 9.15 Å². The zero-order chi connectivity index (χ0) is 19.0. The molecular weight excluding hydrogens is 384 g/mol. The van der Waals surface area contributed by atoms with Crippen LogP contribution in [0.1, 0.15) is 41.3 Å². The number of furan rings is 1. The molecule has 0 fully saturated rings. The number of thioether (sulfide) groups is 1. The summed E-state index contributed by atoms with van der Waals surface area (Å²) in [5.74, 6) is 0.475. The number of anilines is 1. The van der Waals surface area contributed by atoms with Crippen LogP contribution in [0, 0.1) is 0 Å². The molecule has 0 aromatic carbocycles. The molecule has 0 spiro atoms. The van der Waals surface area contributed by atoms with Gasteiger partial charge in [0, 0.05) is 11.3 Å². The van der Waals surface area contributed by atoms with Crippen molar-refractivity contribution in [2.75, 3.05) is 11.7 Å². The fourth-order valence-corrected chi connectivity index (χ4v) is 4.57. The van der Waals surface area contributed by atoms with Gasteiger partial charge in [0.05, 0.1) is 23.9 Å². The minimum absolute atomic E-state index is 0.201. The lowest BCUT2D eigenvalue weighted by Crippen LogP contribution is -2.34. The second-order valence-corrected chi connectivity index (χ2v) is 8.43. The van der Waals surface area contributed by atoms with Crippen molar-refractivity contribution in [3.05, 3.63) is 34.6 Å². The predicted octanol–water partition coefficient (Wildman–Crippen LogP) is 4.00. The van der Waals surface area contributed by atoms with Gasteiger partial charge in [-0.1, -0.05) is 18.7 Å². The van der Waals surface area contributed by atoms with Gasteiger partial charge in [-0.05, 0) is 37.3 Å². The van der Waals surface area contributed by atoms with E-state index >= 15 is 0 Å². The summed E-state index contributed by atoms with van der Waals surface area (Å²) < 4.78 is 11.2. The SMILES string of the molecule is CC[C@]1(C)Cc2c(sc3nc(SC)nc(NNC(=O)c4ccco4)c23)CO1. The molecule has 1 atom stereocenters. The van der Waals surface area contributed by atoms with E-state index in [1.807, 2.05) is 6.26 Å². The summed E-state index contributed by atoms with van der Waals surface area (Å²) in [5, 5.41) is 1.60. The first kappa shape index (κ1) is 18.3. The highest BCUT2D eigenvalue weighted by atomic mass is 32.2. The van der Waals surface area contributed by atoms with Crippen LogP contribution >= 0.6 is 23.1 Å². The van der Waals surface area contributed by atoms with Gasteiger partial charge in [-0.15, -0.1) is 11.3 Å². The third-order valence-corrected chi connectivity index (χ3v) is 6.43. The molecule has 3 aromatic heterocycles. The number of aromatic nitrogens is 2. The van der Waals surface area contributed by atoms with Crippen molar-refractivity contribution in [2.45, 2.75) is 44.1 Å². The molecule has 1 aliphatic heterocycles. The molecule has 1 amide bonds. The summed E-state index contributed by atoms with van der Waals surface area (Å²) in [6.45, 7) is 4.83. The third-order valence-electron chi connectivity index (χ3n) is 4.79. The van der Waals surface area contributed by atoms with E-state index in [1.54, 1.807) is 23.5 Å². The van der Waals surface area contributed by atoms with E-state index in [0.717, 1.165) is 23.1 Å². The molecule has 9 heteroatoms. The Morgan fingerprint density at radius 3 is 3.00 bits per heavy atom. The average molecular weight is 405 g/mol. The Kier molecular flexibility index (Phi) is 4.83. The lowest BCUT2D eigenvalue weighted by molar-refractivity contribution is -0.0542. The number of hydrogen-bond donors (Lipinski definition) is 2. The van der Waals surface area contributed by atoms with Gasteiger partial charge in [-0.25, -0.2) is 9.97 Å². The molecule has 4 rings (SSSR count). The minimum atomic E-state index is -0.358. The van der Waals surface area contributed by atoms with Crippen molar-refractivity contribution in [1.82, 2.24) is 15.4 Å². The zero-order valence-electron chi connectivity index (χ0n) is 15.3. The maximum atomic E-state index is 12.2. The molecule has 0 bridgehead atoms. The van der Waals surface area contributed by atoms with E-state index in [-0.39, 0.29) is 17.3 Å². The number of nitrogens with one attached hydrogen (secondary N) is 2. The van der Waals surface area contributed by atoms with Crippen LogP contribution in [-0.4, -0.2) is 27.7 Å². The molecule has 0 aliphatic carbocycles. The smallest absolute Gasteiger partial charge is 0.305 e. The molecule has 0 saturated heterocycles. The van der Waals surface area contributed by atoms with Crippen LogP contribution in [0.3, 0.4) is 0 Å². The number of fused-ring (bicyclic) bond motifs is 3. The number of hydrazine groups is 1. The average Bonchev–Trinajstić information content (AvgIpc) is 3.33. The fourth-order valence-electron chi connectivity index (χ4n) is 3.05. The lowest BCUT2D eigenvalue weighted by Gasteiger charge is -2.33. The van der Waals surface area contributed by atoms with Gasteiger partial charge in [-0.3, -0.25) is 15.6 Å². The van der Waals surface area contributed by atoms with Gasteiger partial charge in [0.2, 0.25) is 0 Å². The van der Waals surface area contributed by atoms with E-state index in [2.05, 4.69) is 34.7 Å². The van der Waals surface area contributed by atoms with E-state index in [4.69, 9.17) is 9.15 Å². The van der Waals surface area contributed by atoms with Crippen molar-refractivity contribution in [1.29, 1.82) is 0 Å². The van der Waals surface area contributed by atoms with Crippen molar-refractivity contribution < 1.29 is 13.9 Å². The molecule has 2 N–H and O–H groups in total. The molecule has 1 aliphatic rings. The summed E-state index contributed by atoms with van der Waals surface area (Å²) in [6, 6.07) is 3.28. The first-order chi connectivity index (χ1) is 13.0. The van der Waals surface area contributed by atoms with Gasteiger partial charge in [0.15, 0.2) is 16.7 Å². The van der Waals surface area contributed by atoms with Crippen LogP contribution in [0.4, 0.5) is 5.82 Å². The minimum Gasteiger partial charge on any atom is -0.459 e. The van der Waals surface area contributed by atoms with Gasteiger partial charge in [-0.2, -0.15) is 0 Å². The number of hydrogen-bond acceptors (Lipinski definition) is 8. The van der Waals surface area contributed by atoms with Crippen LogP contribution < -0.4 is 10.9 Å². The second kappa shape index (κ2) is 7.14. The molecule has 7 nitrogen and oxygen atoms in total. The number of amides is 1. The van der Waals surface area contributed by atoms with Crippen LogP contribution in [0.25, 0.3) is 10.2 Å². The highest BCUT2D eigenvalue weighted by Crippen LogP contribution is 2.42. The highest BCUT2D eigenvalue weighted by molar-refractivity contribution is 7.98. The summed E-state index contributed by atoms with van der Waals surface area (Å²) in [5.41, 5.74) is 6.64. The van der Waals surface area contributed by atoms with Gasteiger partial charge in [0.25, 0.3) is 0 Å². The Hall–Kier alpha value is -2.10. The maximum Gasteiger partial charge on any atom is 0.305 e. The normalized spacial score (nSPS) is 19.1. The quantitative estimate of drug-likeness (QED) is 0.377. The molecule has 0 saturated carbocycles. The summed E-state index contributed by atoms with van der Waals surface area (Å²) in [7, 11) is 0. The summed E-state index contributed by atoms with van der Waals surface area (Å²) >= 11 is 3.09. The standard InChI is InChI=1S/C18H20N4O3S2/c1-4-18(2)8-10-12(9-25-18)27-16-13(10)14(19-17(20-16)26-3)21-22-15(23)11-6-5-7-24-11/h5-7H,4,8-9H2,1-3H3,(H,22,23)(H,19,20,21)/t18-/m1/s1. The summed E-state index contributed by atoms with van der Waals surface area (Å²) in [4.78, 5) is 23.5. The number of nitrogens with zero attached hydrogens (tertiary/aromatic N) is 2. The van der Waals surface area contributed by atoms with Crippen molar-refractivity contribution in [2.24, 2.45) is 0 Å². The van der Waals surface area contributed by atoms with Crippen molar-refractivity contribution in [3.63, 3.8) is 0 Å². The zero-order valence-corrected chi connectivity index (χ0v) is 16.9. The van der Waals surface area contributed by atoms with Crippen molar-refractivity contribution >= 4 is 45.0 Å². The van der Waals surface area contributed by atoms with Crippen LogP contribution in [-0.2, 0) is 17.8 Å². The first-order valence-electron chi connectivity index (χ1n) is 8.63. The summed E-state index contributed by atoms with van der Waals surface area (Å²) in [6.07, 6.45) is 5.11. The van der Waals surface area contributed by atoms with Gasteiger partial charge >= 0.3 is 5.91 Å². The van der Waals surface area contributed by atoms with Crippen LogP contribution in [0.5, 0.6) is 0 Å². The number of thiophene rings is 1.